The first-order chi connectivity index (χ1) is 10.5. The lowest BCUT2D eigenvalue weighted by molar-refractivity contribution is 0.0404. The van der Waals surface area contributed by atoms with Crippen molar-refractivity contribution < 1.29 is 13.7 Å². The average Bonchev–Trinajstić information content (AvgIpc) is 2.49. The number of piperidine rings is 1. The van der Waals surface area contributed by atoms with Gasteiger partial charge >= 0.3 is 0 Å². The number of hydrogen-bond donors (Lipinski definition) is 0. The average molecular weight is 325 g/mol. The second kappa shape index (κ2) is 8.65. The van der Waals surface area contributed by atoms with E-state index in [1.54, 1.807) is 6.26 Å². The quantitative estimate of drug-likeness (QED) is 0.773. The second-order valence-corrected chi connectivity index (χ2v) is 7.39. The van der Waals surface area contributed by atoms with Gasteiger partial charge in [-0.15, -0.1) is 0 Å². The van der Waals surface area contributed by atoms with Crippen LogP contribution in [-0.2, 0) is 15.5 Å². The van der Waals surface area contributed by atoms with E-state index in [0.717, 1.165) is 49.7 Å². The zero-order valence-corrected chi connectivity index (χ0v) is 14.6. The Morgan fingerprint density at radius 3 is 2.68 bits per heavy atom. The van der Waals surface area contributed by atoms with Crippen molar-refractivity contribution in [3.63, 3.8) is 0 Å². The van der Waals surface area contributed by atoms with Gasteiger partial charge in [0.25, 0.3) is 0 Å². The zero-order valence-electron chi connectivity index (χ0n) is 13.8. The number of likely N-dealkylation sites (tertiary alicyclic amines) is 1. The van der Waals surface area contributed by atoms with Gasteiger partial charge in [0.1, 0.15) is 11.9 Å². The molecule has 2 rings (SSSR count). The lowest BCUT2D eigenvalue weighted by Crippen LogP contribution is -2.40. The number of rotatable bonds is 7. The Morgan fingerprint density at radius 2 is 2.05 bits per heavy atom. The molecule has 1 aliphatic rings. The summed E-state index contributed by atoms with van der Waals surface area (Å²) in [5.74, 6) is 0.828. The fourth-order valence-electron chi connectivity index (χ4n) is 2.59. The highest BCUT2D eigenvalue weighted by Crippen LogP contribution is 2.21. The van der Waals surface area contributed by atoms with Crippen LogP contribution < -0.4 is 4.74 Å². The molecule has 1 aromatic rings. The highest BCUT2D eigenvalue weighted by molar-refractivity contribution is 7.84. The SMILES string of the molecule is CC(C)OCCN1CCC(Oc2cccc(S(C)=O)c2)CC1. The summed E-state index contributed by atoms with van der Waals surface area (Å²) in [6, 6.07) is 7.61. The highest BCUT2D eigenvalue weighted by Gasteiger charge is 2.20. The molecule has 4 nitrogen and oxygen atoms in total. The molecule has 1 aromatic carbocycles. The van der Waals surface area contributed by atoms with Crippen LogP contribution in [0.1, 0.15) is 26.7 Å². The molecule has 1 aliphatic heterocycles. The second-order valence-electron chi connectivity index (χ2n) is 6.01. The molecule has 1 saturated heterocycles. The molecule has 0 radical (unpaired) electrons. The molecule has 0 aromatic heterocycles. The van der Waals surface area contributed by atoms with Crippen molar-refractivity contribution in [2.24, 2.45) is 0 Å². The van der Waals surface area contributed by atoms with E-state index < -0.39 is 10.8 Å². The van der Waals surface area contributed by atoms with E-state index in [2.05, 4.69) is 18.7 Å². The van der Waals surface area contributed by atoms with Crippen molar-refractivity contribution in [3.05, 3.63) is 24.3 Å². The summed E-state index contributed by atoms with van der Waals surface area (Å²) >= 11 is 0. The van der Waals surface area contributed by atoms with Crippen LogP contribution in [0.25, 0.3) is 0 Å². The maximum absolute atomic E-state index is 11.5. The van der Waals surface area contributed by atoms with Crippen molar-refractivity contribution in [3.8, 4) is 5.75 Å². The monoisotopic (exact) mass is 325 g/mol. The lowest BCUT2D eigenvalue weighted by Gasteiger charge is -2.32. The predicted octanol–water partition coefficient (Wildman–Crippen LogP) is 2.69. The molecule has 5 heteroatoms. The molecule has 1 atom stereocenters. The predicted molar refractivity (Wildman–Crippen MR) is 90.0 cm³/mol. The Morgan fingerprint density at radius 1 is 1.32 bits per heavy atom. The molecule has 0 saturated carbocycles. The lowest BCUT2D eigenvalue weighted by atomic mass is 10.1. The van der Waals surface area contributed by atoms with Gasteiger partial charge in [-0.1, -0.05) is 6.07 Å². The normalized spacial score (nSPS) is 18.5. The molecule has 0 bridgehead atoms. The Balaban J connectivity index is 1.75. The molecule has 124 valence electrons. The fraction of sp³-hybridized carbons (Fsp3) is 0.647. The topological polar surface area (TPSA) is 38.8 Å². The van der Waals surface area contributed by atoms with Crippen LogP contribution in [0.5, 0.6) is 5.75 Å². The first kappa shape index (κ1) is 17.4. The maximum Gasteiger partial charge on any atom is 0.120 e. The minimum Gasteiger partial charge on any atom is -0.490 e. The summed E-state index contributed by atoms with van der Waals surface area (Å²) in [4.78, 5) is 3.25. The standard InChI is InChI=1S/C17H27NO3S/c1-14(2)20-12-11-18-9-7-15(8-10-18)21-16-5-4-6-17(13-16)22(3)19/h4-6,13-15H,7-12H2,1-3H3. The van der Waals surface area contributed by atoms with Gasteiger partial charge in [0.05, 0.1) is 12.7 Å². The van der Waals surface area contributed by atoms with Crippen molar-refractivity contribution in [2.45, 2.75) is 43.8 Å². The third kappa shape index (κ3) is 5.71. The molecule has 1 unspecified atom stereocenters. The number of hydrogen-bond acceptors (Lipinski definition) is 4. The maximum atomic E-state index is 11.5. The Kier molecular flexibility index (Phi) is 6.86. The Labute approximate surface area is 136 Å². The van der Waals surface area contributed by atoms with E-state index in [1.807, 2.05) is 24.3 Å². The summed E-state index contributed by atoms with van der Waals surface area (Å²) in [5, 5.41) is 0. The first-order valence-electron chi connectivity index (χ1n) is 7.98. The van der Waals surface area contributed by atoms with Gasteiger partial charge in [-0.2, -0.15) is 0 Å². The van der Waals surface area contributed by atoms with Gasteiger partial charge < -0.3 is 14.4 Å². The molecule has 0 N–H and O–H groups in total. The zero-order chi connectivity index (χ0) is 15.9. The molecular weight excluding hydrogens is 298 g/mol. The Hall–Kier alpha value is -0.910. The van der Waals surface area contributed by atoms with Crippen LogP contribution in [0.15, 0.2) is 29.2 Å². The minimum atomic E-state index is -0.961. The summed E-state index contributed by atoms with van der Waals surface area (Å²) < 4.78 is 23.2. The molecule has 1 heterocycles. The summed E-state index contributed by atoms with van der Waals surface area (Å²) in [6.07, 6.45) is 4.30. The van der Waals surface area contributed by atoms with E-state index in [9.17, 15) is 4.21 Å². The summed E-state index contributed by atoms with van der Waals surface area (Å²) in [5.41, 5.74) is 0. The molecular formula is C17H27NO3S. The van der Waals surface area contributed by atoms with Crippen molar-refractivity contribution in [1.82, 2.24) is 4.90 Å². The van der Waals surface area contributed by atoms with Crippen LogP contribution in [0.4, 0.5) is 0 Å². The van der Waals surface area contributed by atoms with Crippen molar-refractivity contribution in [1.29, 1.82) is 0 Å². The summed E-state index contributed by atoms with van der Waals surface area (Å²) in [7, 11) is -0.961. The van der Waals surface area contributed by atoms with Gasteiger partial charge in [0.15, 0.2) is 0 Å². The fourth-order valence-corrected chi connectivity index (χ4v) is 3.14. The third-order valence-electron chi connectivity index (χ3n) is 3.83. The van der Waals surface area contributed by atoms with Crippen molar-refractivity contribution in [2.75, 3.05) is 32.5 Å². The van der Waals surface area contributed by atoms with Gasteiger partial charge in [-0.05, 0) is 44.9 Å². The van der Waals surface area contributed by atoms with E-state index in [-0.39, 0.29) is 6.10 Å². The molecule has 0 aliphatic carbocycles. The van der Waals surface area contributed by atoms with Crippen LogP contribution in [0.3, 0.4) is 0 Å². The molecule has 0 amide bonds. The molecule has 22 heavy (non-hydrogen) atoms. The first-order valence-corrected chi connectivity index (χ1v) is 9.54. The third-order valence-corrected chi connectivity index (χ3v) is 4.75. The summed E-state index contributed by atoms with van der Waals surface area (Å²) in [6.45, 7) is 8.02. The van der Waals surface area contributed by atoms with E-state index >= 15 is 0 Å². The number of ether oxygens (including phenoxy) is 2. The van der Waals surface area contributed by atoms with Crippen LogP contribution in [0, 0.1) is 0 Å². The van der Waals surface area contributed by atoms with Crippen LogP contribution in [-0.4, -0.2) is 53.8 Å². The van der Waals surface area contributed by atoms with Gasteiger partial charge in [0.2, 0.25) is 0 Å². The number of benzene rings is 1. The van der Waals surface area contributed by atoms with Gasteiger partial charge in [0, 0.05) is 41.6 Å². The highest BCUT2D eigenvalue weighted by atomic mass is 32.2. The van der Waals surface area contributed by atoms with Crippen molar-refractivity contribution >= 4 is 10.8 Å². The van der Waals surface area contributed by atoms with Gasteiger partial charge in [-0.3, -0.25) is 4.21 Å². The van der Waals surface area contributed by atoms with E-state index in [1.165, 1.54) is 0 Å². The van der Waals surface area contributed by atoms with E-state index in [4.69, 9.17) is 9.47 Å². The Bertz CT molecular complexity index is 485. The molecule has 0 spiro atoms. The van der Waals surface area contributed by atoms with Crippen LogP contribution in [0.2, 0.25) is 0 Å². The van der Waals surface area contributed by atoms with Gasteiger partial charge in [-0.25, -0.2) is 0 Å². The minimum absolute atomic E-state index is 0.253. The van der Waals surface area contributed by atoms with E-state index in [0.29, 0.717) is 6.10 Å². The molecule has 1 fully saturated rings. The number of nitrogens with zero attached hydrogens (tertiary/aromatic N) is 1. The smallest absolute Gasteiger partial charge is 0.120 e. The largest absolute Gasteiger partial charge is 0.490 e. The van der Waals surface area contributed by atoms with Crippen LogP contribution >= 0.6 is 0 Å².